The molecule has 4 rings (SSSR count). The van der Waals surface area contributed by atoms with Crippen molar-refractivity contribution in [1.29, 1.82) is 0 Å². The van der Waals surface area contributed by atoms with Crippen molar-refractivity contribution >= 4 is 27.4 Å². The molecule has 0 bridgehead atoms. The van der Waals surface area contributed by atoms with Crippen molar-refractivity contribution in [3.8, 4) is 11.4 Å². The summed E-state index contributed by atoms with van der Waals surface area (Å²) in [6, 6.07) is 5.43. The Kier molecular flexibility index (Phi) is 3.44. The number of fused-ring (bicyclic) bond motifs is 1. The minimum Gasteiger partial charge on any atom is -0.362 e. The number of alkyl halides is 1. The summed E-state index contributed by atoms with van der Waals surface area (Å²) < 4.78 is 14.8. The second-order valence-corrected chi connectivity index (χ2v) is 6.11. The maximum Gasteiger partial charge on any atom is 0.162 e. The van der Waals surface area contributed by atoms with Gasteiger partial charge in [0.1, 0.15) is 12.0 Å². The largest absolute Gasteiger partial charge is 0.362 e. The molecular weight excluding hydrogens is 301 g/mol. The zero-order chi connectivity index (χ0) is 14.9. The summed E-state index contributed by atoms with van der Waals surface area (Å²) in [6.45, 7) is 0.982. The number of thiophene rings is 1. The van der Waals surface area contributed by atoms with Gasteiger partial charge in [0.2, 0.25) is 0 Å². The summed E-state index contributed by atoms with van der Waals surface area (Å²) in [7, 11) is 0. The van der Waals surface area contributed by atoms with E-state index in [1.54, 1.807) is 23.7 Å². The fourth-order valence-electron chi connectivity index (χ4n) is 2.56. The van der Waals surface area contributed by atoms with Gasteiger partial charge in [0.25, 0.3) is 0 Å². The lowest BCUT2D eigenvalue weighted by Crippen LogP contribution is -2.29. The molecule has 4 heterocycles. The molecule has 2 atom stereocenters. The van der Waals surface area contributed by atoms with Crippen LogP contribution in [0.2, 0.25) is 0 Å². The first-order valence-electron chi connectivity index (χ1n) is 7.08. The van der Waals surface area contributed by atoms with Crippen molar-refractivity contribution in [1.82, 2.24) is 20.3 Å². The normalized spacial score (nSPS) is 21.3. The molecule has 0 amide bonds. The van der Waals surface area contributed by atoms with E-state index < -0.39 is 6.17 Å². The molecule has 0 aliphatic carbocycles. The molecule has 0 spiro atoms. The van der Waals surface area contributed by atoms with Gasteiger partial charge in [0, 0.05) is 31.0 Å². The minimum absolute atomic E-state index is 0.259. The molecule has 1 aliphatic heterocycles. The minimum atomic E-state index is -0.908. The van der Waals surface area contributed by atoms with E-state index in [1.165, 1.54) is 0 Å². The van der Waals surface area contributed by atoms with Crippen molar-refractivity contribution in [2.75, 3.05) is 18.4 Å². The first-order chi connectivity index (χ1) is 10.8. The van der Waals surface area contributed by atoms with Gasteiger partial charge < -0.3 is 10.6 Å². The van der Waals surface area contributed by atoms with E-state index >= 15 is 0 Å². The molecule has 7 heteroatoms. The SMILES string of the molecule is F[C@@H]1CNC[C@@H]1Nc1nc(-c2ccncc2)nc2ccsc12. The van der Waals surface area contributed by atoms with Gasteiger partial charge in [-0.2, -0.15) is 0 Å². The number of nitrogens with one attached hydrogen (secondary N) is 2. The van der Waals surface area contributed by atoms with Gasteiger partial charge in [-0.05, 0) is 23.6 Å². The van der Waals surface area contributed by atoms with Crippen LogP contribution in [0.5, 0.6) is 0 Å². The fourth-order valence-corrected chi connectivity index (χ4v) is 3.34. The smallest absolute Gasteiger partial charge is 0.162 e. The summed E-state index contributed by atoms with van der Waals surface area (Å²) in [4.78, 5) is 13.2. The molecular formula is C15H14FN5S. The molecule has 1 fully saturated rings. The summed E-state index contributed by atoms with van der Waals surface area (Å²) in [5.41, 5.74) is 1.77. The number of aromatic nitrogens is 3. The van der Waals surface area contributed by atoms with Gasteiger partial charge in [0.15, 0.2) is 5.82 Å². The molecule has 22 heavy (non-hydrogen) atoms. The number of hydrogen-bond donors (Lipinski definition) is 2. The number of halogens is 1. The Morgan fingerprint density at radius 1 is 1.18 bits per heavy atom. The zero-order valence-corrected chi connectivity index (χ0v) is 12.5. The van der Waals surface area contributed by atoms with Crippen LogP contribution < -0.4 is 10.6 Å². The Morgan fingerprint density at radius 2 is 2.05 bits per heavy atom. The van der Waals surface area contributed by atoms with Crippen molar-refractivity contribution in [2.24, 2.45) is 0 Å². The molecule has 0 saturated carbocycles. The Bertz CT molecular complexity index is 791. The standard InChI is InChI=1S/C15H14FN5S/c16-10-7-18-8-12(10)20-15-13-11(3-6-22-13)19-14(21-15)9-1-4-17-5-2-9/h1-6,10,12,18H,7-8H2,(H,19,20,21)/t10-,12+/m1/s1. The molecule has 3 aromatic heterocycles. The number of hydrogen-bond acceptors (Lipinski definition) is 6. The van der Waals surface area contributed by atoms with Crippen LogP contribution in [0.15, 0.2) is 36.0 Å². The predicted octanol–water partition coefficient (Wildman–Crippen LogP) is 2.48. The van der Waals surface area contributed by atoms with Gasteiger partial charge in [0.05, 0.1) is 16.3 Å². The van der Waals surface area contributed by atoms with E-state index in [4.69, 9.17) is 0 Å². The third-order valence-electron chi connectivity index (χ3n) is 3.70. The highest BCUT2D eigenvalue weighted by atomic mass is 32.1. The van der Waals surface area contributed by atoms with Crippen LogP contribution in [-0.4, -0.2) is 40.3 Å². The summed E-state index contributed by atoms with van der Waals surface area (Å²) in [5.74, 6) is 1.32. The van der Waals surface area contributed by atoms with E-state index in [0.29, 0.717) is 24.7 Å². The highest BCUT2D eigenvalue weighted by molar-refractivity contribution is 7.17. The third kappa shape index (κ3) is 2.42. The number of anilines is 1. The third-order valence-corrected chi connectivity index (χ3v) is 4.61. The van der Waals surface area contributed by atoms with Crippen molar-refractivity contribution in [2.45, 2.75) is 12.2 Å². The monoisotopic (exact) mass is 315 g/mol. The van der Waals surface area contributed by atoms with Crippen LogP contribution in [0.4, 0.5) is 10.2 Å². The van der Waals surface area contributed by atoms with Gasteiger partial charge in [-0.25, -0.2) is 14.4 Å². The maximum absolute atomic E-state index is 13.8. The Labute approximate surface area is 130 Å². The van der Waals surface area contributed by atoms with E-state index in [-0.39, 0.29) is 6.04 Å². The van der Waals surface area contributed by atoms with E-state index in [0.717, 1.165) is 15.8 Å². The lowest BCUT2D eigenvalue weighted by atomic mass is 10.2. The average Bonchev–Trinajstić information content (AvgIpc) is 3.17. The van der Waals surface area contributed by atoms with Gasteiger partial charge in [-0.1, -0.05) is 0 Å². The van der Waals surface area contributed by atoms with Gasteiger partial charge in [-0.3, -0.25) is 4.98 Å². The van der Waals surface area contributed by atoms with Crippen molar-refractivity contribution in [3.63, 3.8) is 0 Å². The average molecular weight is 315 g/mol. The van der Waals surface area contributed by atoms with Crippen LogP contribution in [-0.2, 0) is 0 Å². The van der Waals surface area contributed by atoms with Crippen LogP contribution in [0.3, 0.4) is 0 Å². The molecule has 1 aliphatic rings. The summed E-state index contributed by atoms with van der Waals surface area (Å²) >= 11 is 1.56. The molecule has 112 valence electrons. The Morgan fingerprint density at radius 3 is 2.82 bits per heavy atom. The topological polar surface area (TPSA) is 62.7 Å². The first kappa shape index (κ1) is 13.5. The van der Waals surface area contributed by atoms with Crippen molar-refractivity contribution in [3.05, 3.63) is 36.0 Å². The molecule has 0 unspecified atom stereocenters. The lowest BCUT2D eigenvalue weighted by Gasteiger charge is -2.15. The van der Waals surface area contributed by atoms with Crippen LogP contribution >= 0.6 is 11.3 Å². The lowest BCUT2D eigenvalue weighted by molar-refractivity contribution is 0.342. The highest BCUT2D eigenvalue weighted by Gasteiger charge is 2.27. The van der Waals surface area contributed by atoms with E-state index in [9.17, 15) is 4.39 Å². The molecule has 1 saturated heterocycles. The van der Waals surface area contributed by atoms with Gasteiger partial charge >= 0.3 is 0 Å². The Hall–Kier alpha value is -2.12. The number of rotatable bonds is 3. The zero-order valence-electron chi connectivity index (χ0n) is 11.7. The molecule has 5 nitrogen and oxygen atoms in total. The second kappa shape index (κ2) is 5.58. The summed E-state index contributed by atoms with van der Waals surface area (Å²) in [6.07, 6.45) is 2.51. The second-order valence-electron chi connectivity index (χ2n) is 5.19. The van der Waals surface area contributed by atoms with Gasteiger partial charge in [-0.15, -0.1) is 11.3 Å². The fraction of sp³-hybridized carbons (Fsp3) is 0.267. The van der Waals surface area contributed by atoms with Crippen LogP contribution in [0.25, 0.3) is 21.6 Å². The highest BCUT2D eigenvalue weighted by Crippen LogP contribution is 2.30. The summed E-state index contributed by atoms with van der Waals surface area (Å²) in [5, 5.41) is 8.25. The van der Waals surface area contributed by atoms with Crippen LogP contribution in [0, 0.1) is 0 Å². The number of pyridine rings is 1. The van der Waals surface area contributed by atoms with Crippen LogP contribution in [0.1, 0.15) is 0 Å². The number of nitrogens with zero attached hydrogens (tertiary/aromatic N) is 3. The predicted molar refractivity (Wildman–Crippen MR) is 85.8 cm³/mol. The van der Waals surface area contributed by atoms with E-state index in [1.807, 2.05) is 23.6 Å². The molecule has 0 radical (unpaired) electrons. The Balaban J connectivity index is 1.77. The first-order valence-corrected chi connectivity index (χ1v) is 7.96. The molecule has 3 aromatic rings. The maximum atomic E-state index is 13.8. The van der Waals surface area contributed by atoms with E-state index in [2.05, 4.69) is 25.6 Å². The molecule has 2 N–H and O–H groups in total. The molecule has 0 aromatic carbocycles. The van der Waals surface area contributed by atoms with Crippen molar-refractivity contribution < 1.29 is 4.39 Å². The quantitative estimate of drug-likeness (QED) is 0.777.